The van der Waals surface area contributed by atoms with Gasteiger partial charge in [0.1, 0.15) is 4.76 Å². The van der Waals surface area contributed by atoms with Crippen molar-refractivity contribution in [1.29, 1.82) is 0 Å². The molecule has 0 saturated heterocycles. The molecule has 7 heteroatoms. The molecule has 2 heterocycles. The van der Waals surface area contributed by atoms with Crippen molar-refractivity contribution < 1.29 is 19.1 Å². The van der Waals surface area contributed by atoms with Gasteiger partial charge in [0, 0.05) is 49.9 Å². The second-order valence-electron chi connectivity index (χ2n) is 9.56. The van der Waals surface area contributed by atoms with Crippen LogP contribution in [0.15, 0.2) is 36.1 Å². The average Bonchev–Trinajstić information content (AvgIpc) is 2.74. The van der Waals surface area contributed by atoms with Gasteiger partial charge in [-0.25, -0.2) is 4.98 Å². The number of hydroxylamine groups is 1. The van der Waals surface area contributed by atoms with Crippen LogP contribution in [0.5, 0.6) is 0 Å². The monoisotopic (exact) mass is 396 g/mol. The maximum Gasteiger partial charge on any atom is 0.523 e. The maximum absolute atomic E-state index is 12.8. The largest absolute Gasteiger partial charge is 0.618 e. The Hall–Kier alpha value is -2.96. The topological polar surface area (TPSA) is 93.2 Å². The Bertz CT molecular complexity index is 1030. The van der Waals surface area contributed by atoms with Crippen LogP contribution in [0.3, 0.4) is 0 Å². The van der Waals surface area contributed by atoms with Crippen LogP contribution >= 0.6 is 0 Å². The van der Waals surface area contributed by atoms with Crippen molar-refractivity contribution in [3.05, 3.63) is 57.4 Å². The summed E-state index contributed by atoms with van der Waals surface area (Å²) in [6.45, 7) is 12.5. The summed E-state index contributed by atoms with van der Waals surface area (Å²) in [6, 6.07) is 3.28. The summed E-state index contributed by atoms with van der Waals surface area (Å²) in [5.74, 6) is -1.11. The first-order chi connectivity index (χ1) is 13.2. The number of hydrogen-bond acceptors (Lipinski definition) is 5. The van der Waals surface area contributed by atoms with E-state index in [-0.39, 0.29) is 11.5 Å². The molecule has 0 saturated carbocycles. The molecule has 1 aliphatic heterocycles. The molecule has 1 aliphatic carbocycles. The number of carbonyl (C=O) groups excluding carboxylic acids is 2. The molecule has 0 radical (unpaired) electrons. The van der Waals surface area contributed by atoms with E-state index in [1.165, 1.54) is 12.3 Å². The SMILES string of the molecule is CC(C)(C)C1=CC(c2ccc(C3=[N+]([O-])C(C)(C)C(C)(C)[N+]3=O)nc2)=CC(=O)C1=O. The summed E-state index contributed by atoms with van der Waals surface area (Å²) in [6.07, 6.45) is 4.51. The first-order valence-corrected chi connectivity index (χ1v) is 9.50. The number of pyridine rings is 1. The van der Waals surface area contributed by atoms with Gasteiger partial charge in [-0.2, -0.15) is 0 Å². The molecule has 152 valence electrons. The zero-order valence-electron chi connectivity index (χ0n) is 17.9. The van der Waals surface area contributed by atoms with Crippen LogP contribution in [0.25, 0.3) is 5.57 Å². The first-order valence-electron chi connectivity index (χ1n) is 9.50. The highest BCUT2D eigenvalue weighted by Gasteiger charge is 2.68. The smallest absolute Gasteiger partial charge is 0.523 e. The number of nitrogens with zero attached hydrogens (tertiary/aromatic N) is 3. The van der Waals surface area contributed by atoms with Crippen LogP contribution in [-0.2, 0) is 9.59 Å². The van der Waals surface area contributed by atoms with Gasteiger partial charge >= 0.3 is 5.84 Å². The lowest BCUT2D eigenvalue weighted by Gasteiger charge is -2.24. The Labute approximate surface area is 170 Å². The fourth-order valence-corrected chi connectivity index (χ4v) is 3.34. The number of nitroso groups, excluding NO2 is 1. The summed E-state index contributed by atoms with van der Waals surface area (Å²) in [5.41, 5.74) is -0.411. The van der Waals surface area contributed by atoms with Gasteiger partial charge < -0.3 is 5.21 Å². The molecule has 0 spiro atoms. The quantitative estimate of drug-likeness (QED) is 0.331. The molecule has 0 fully saturated rings. The van der Waals surface area contributed by atoms with E-state index < -0.39 is 28.1 Å². The summed E-state index contributed by atoms with van der Waals surface area (Å²) >= 11 is 0. The molecule has 0 atom stereocenters. The van der Waals surface area contributed by atoms with Crippen molar-refractivity contribution in [2.45, 2.75) is 59.5 Å². The minimum absolute atomic E-state index is 0.0404. The van der Waals surface area contributed by atoms with Gasteiger partial charge in [0.15, 0.2) is 0 Å². The van der Waals surface area contributed by atoms with E-state index in [4.69, 9.17) is 0 Å². The Morgan fingerprint density at radius 2 is 1.62 bits per heavy atom. The predicted molar refractivity (Wildman–Crippen MR) is 109 cm³/mol. The van der Waals surface area contributed by atoms with Gasteiger partial charge in [-0.05, 0) is 29.2 Å². The third-order valence-corrected chi connectivity index (χ3v) is 6.09. The Morgan fingerprint density at radius 3 is 2.07 bits per heavy atom. The molecule has 1 aromatic rings. The van der Waals surface area contributed by atoms with Gasteiger partial charge in [-0.3, -0.25) is 9.59 Å². The highest BCUT2D eigenvalue weighted by Crippen LogP contribution is 2.35. The molecule has 0 amide bonds. The molecule has 2 aliphatic rings. The summed E-state index contributed by atoms with van der Waals surface area (Å²) < 4.78 is 1.42. The van der Waals surface area contributed by atoms with Gasteiger partial charge in [-0.1, -0.05) is 26.8 Å². The standard InChI is InChI=1S/C22H26N3O4/c1-20(2,3)15-10-14(11-17(26)18(15)27)13-8-9-16(23-12-13)19-24(28)21(4,5)22(6,7)25(19)29/h8-12H,1-7H3/q+1. The first kappa shape index (κ1) is 20.8. The molecule has 0 aromatic carbocycles. The minimum Gasteiger partial charge on any atom is -0.618 e. The molecule has 1 aromatic heterocycles. The van der Waals surface area contributed by atoms with Crippen molar-refractivity contribution in [3.8, 4) is 0 Å². The average molecular weight is 396 g/mol. The third-order valence-electron chi connectivity index (χ3n) is 6.09. The normalized spacial score (nSPS) is 21.4. The lowest BCUT2D eigenvalue weighted by Crippen LogP contribution is -2.50. The third kappa shape index (κ3) is 3.05. The van der Waals surface area contributed by atoms with Crippen LogP contribution in [0.1, 0.15) is 59.7 Å². The van der Waals surface area contributed by atoms with Crippen LogP contribution in [0.4, 0.5) is 0 Å². The van der Waals surface area contributed by atoms with Crippen molar-refractivity contribution in [2.75, 3.05) is 0 Å². The highest BCUT2D eigenvalue weighted by atomic mass is 16.5. The Morgan fingerprint density at radius 1 is 1.00 bits per heavy atom. The summed E-state index contributed by atoms with van der Waals surface area (Å²) in [4.78, 5) is 41.4. The van der Waals surface area contributed by atoms with Gasteiger partial charge in [0.25, 0.3) is 5.54 Å². The van der Waals surface area contributed by atoms with E-state index in [2.05, 4.69) is 4.98 Å². The zero-order valence-corrected chi connectivity index (χ0v) is 17.9. The van der Waals surface area contributed by atoms with Crippen LogP contribution in [-0.4, -0.2) is 43.0 Å². The number of rotatable bonds is 2. The fraction of sp³-hybridized carbons (Fsp3) is 0.455. The van der Waals surface area contributed by atoms with Crippen LogP contribution in [0.2, 0.25) is 0 Å². The van der Waals surface area contributed by atoms with Crippen molar-refractivity contribution in [1.82, 2.24) is 4.98 Å². The van der Waals surface area contributed by atoms with Crippen molar-refractivity contribution in [2.24, 2.45) is 5.41 Å². The van der Waals surface area contributed by atoms with Crippen molar-refractivity contribution in [3.63, 3.8) is 0 Å². The maximum atomic E-state index is 12.8. The van der Waals surface area contributed by atoms with E-state index in [0.29, 0.717) is 26.2 Å². The van der Waals surface area contributed by atoms with E-state index in [0.717, 1.165) is 0 Å². The Balaban J connectivity index is 2.02. The number of aromatic nitrogens is 1. The number of ketones is 2. The second kappa shape index (κ2) is 6.27. The molecule has 0 unspecified atom stereocenters. The lowest BCUT2D eigenvalue weighted by molar-refractivity contribution is -0.555. The molecule has 7 nitrogen and oxygen atoms in total. The van der Waals surface area contributed by atoms with Crippen LogP contribution in [0, 0.1) is 15.5 Å². The molecule has 0 N–H and O–H groups in total. The summed E-state index contributed by atoms with van der Waals surface area (Å²) in [5, 5.41) is 12.8. The molecular formula is C22H26N3O4+. The number of amidine groups is 1. The minimum atomic E-state index is -0.923. The van der Waals surface area contributed by atoms with E-state index in [9.17, 15) is 19.7 Å². The fourth-order valence-electron chi connectivity index (χ4n) is 3.34. The number of carbonyl (C=O) groups is 2. The number of hydrogen-bond donors (Lipinski definition) is 0. The van der Waals surface area contributed by atoms with E-state index in [1.807, 2.05) is 20.8 Å². The zero-order chi connectivity index (χ0) is 21.9. The van der Waals surface area contributed by atoms with Crippen LogP contribution < -0.4 is 0 Å². The molecule has 0 bridgehead atoms. The summed E-state index contributed by atoms with van der Waals surface area (Å²) in [7, 11) is 0. The molecule has 3 rings (SSSR count). The number of allylic oxidation sites excluding steroid dienone is 4. The highest BCUT2D eigenvalue weighted by molar-refractivity contribution is 6.50. The van der Waals surface area contributed by atoms with Gasteiger partial charge in [0.05, 0.1) is 0 Å². The predicted octanol–water partition coefficient (Wildman–Crippen LogP) is 3.20. The molecular weight excluding hydrogens is 370 g/mol. The second-order valence-corrected chi connectivity index (χ2v) is 9.56. The van der Waals surface area contributed by atoms with E-state index in [1.54, 1.807) is 45.9 Å². The Kier molecular flexibility index (Phi) is 4.49. The van der Waals surface area contributed by atoms with Crippen molar-refractivity contribution >= 4 is 23.0 Å². The van der Waals surface area contributed by atoms with Gasteiger partial charge in [0.2, 0.25) is 22.8 Å². The lowest BCUT2D eigenvalue weighted by atomic mass is 9.78. The molecule has 29 heavy (non-hydrogen) atoms. The van der Waals surface area contributed by atoms with E-state index >= 15 is 0 Å². The number of Topliss-reactive ketones (excluding diaryl/α,β-unsaturated/α-hetero) is 1. The van der Waals surface area contributed by atoms with Gasteiger partial charge in [-0.15, -0.1) is 4.74 Å².